The quantitative estimate of drug-likeness (QED) is 0.499. The van der Waals surface area contributed by atoms with E-state index in [1.807, 2.05) is 18.7 Å². The summed E-state index contributed by atoms with van der Waals surface area (Å²) >= 11 is 1.85. The molecule has 188 valence electrons. The zero-order chi connectivity index (χ0) is 25.4. The van der Waals surface area contributed by atoms with Crippen molar-refractivity contribution in [3.63, 3.8) is 0 Å². The Balaban J connectivity index is 1.75. The van der Waals surface area contributed by atoms with Crippen molar-refractivity contribution in [3.05, 3.63) is 41.6 Å². The number of thioether (sulfide) groups is 1. The molecule has 0 spiro atoms. The molecular weight excluding hydrogens is 483 g/mol. The molecule has 0 saturated carbocycles. The predicted molar refractivity (Wildman–Crippen MR) is 126 cm³/mol. The average molecular weight is 510 g/mol. The van der Waals surface area contributed by atoms with Gasteiger partial charge in [-0.3, -0.25) is 4.79 Å². The third-order valence-corrected chi connectivity index (χ3v) is 6.76. The van der Waals surface area contributed by atoms with Crippen LogP contribution in [0.15, 0.2) is 24.5 Å². The zero-order valence-corrected chi connectivity index (χ0v) is 20.3. The molecule has 0 aliphatic carbocycles. The van der Waals surface area contributed by atoms with E-state index in [1.165, 1.54) is 20.0 Å². The van der Waals surface area contributed by atoms with Crippen molar-refractivity contribution in [2.45, 2.75) is 51.2 Å². The van der Waals surface area contributed by atoms with Crippen LogP contribution in [0.1, 0.15) is 49.7 Å². The van der Waals surface area contributed by atoms with Crippen LogP contribution in [-0.4, -0.2) is 60.8 Å². The van der Waals surface area contributed by atoms with Crippen molar-refractivity contribution < 1.29 is 27.8 Å². The minimum Gasteiger partial charge on any atom is -0.472 e. The van der Waals surface area contributed by atoms with Crippen molar-refractivity contribution in [2.75, 3.05) is 18.1 Å². The monoisotopic (exact) mass is 509 g/mol. The molecule has 1 aliphatic heterocycles. The second-order valence-electron chi connectivity index (χ2n) is 9.22. The van der Waals surface area contributed by atoms with E-state index in [-0.39, 0.29) is 39.9 Å². The van der Waals surface area contributed by atoms with E-state index < -0.39 is 24.5 Å². The maximum Gasteiger partial charge on any atom is 0.272 e. The standard InChI is InChI=1S/C23H26F3N5O3S/c1-22(2,33)19-14-8-13(21(32)29-23(3)4-6-35-7-5-23)10-28-20(14)31(30-19)16-9-18(27-11-15(16)24)34-12-17(25)26/h8-11,17,33H,4-7,12H2,1-3H3,(H,29,32). The molecule has 2 N–H and O–H groups in total. The van der Waals surface area contributed by atoms with E-state index in [4.69, 9.17) is 4.74 Å². The number of aromatic nitrogens is 4. The van der Waals surface area contributed by atoms with E-state index in [2.05, 4.69) is 20.4 Å². The lowest BCUT2D eigenvalue weighted by molar-refractivity contribution is 0.0747. The first kappa shape index (κ1) is 25.2. The second kappa shape index (κ2) is 9.65. The second-order valence-corrected chi connectivity index (χ2v) is 10.4. The van der Waals surface area contributed by atoms with Gasteiger partial charge >= 0.3 is 0 Å². The number of hydrogen-bond acceptors (Lipinski definition) is 7. The van der Waals surface area contributed by atoms with Gasteiger partial charge in [-0.2, -0.15) is 16.9 Å². The molecule has 1 saturated heterocycles. The Bertz CT molecular complexity index is 1240. The normalized spacial score (nSPS) is 16.0. The van der Waals surface area contributed by atoms with Gasteiger partial charge in [0, 0.05) is 23.2 Å². The summed E-state index contributed by atoms with van der Waals surface area (Å²) in [4.78, 5) is 21.1. The van der Waals surface area contributed by atoms with Crippen LogP contribution >= 0.6 is 11.8 Å². The molecule has 3 aromatic rings. The Morgan fingerprint density at radius 1 is 1.29 bits per heavy atom. The highest BCUT2D eigenvalue weighted by molar-refractivity contribution is 7.99. The minimum absolute atomic E-state index is 0.151. The molecule has 0 radical (unpaired) electrons. The van der Waals surface area contributed by atoms with Gasteiger partial charge in [-0.15, -0.1) is 0 Å². The van der Waals surface area contributed by atoms with Gasteiger partial charge in [0.2, 0.25) is 5.88 Å². The molecule has 1 aliphatic rings. The first-order valence-corrected chi connectivity index (χ1v) is 12.2. The summed E-state index contributed by atoms with van der Waals surface area (Å²) in [5.74, 6) is 0.605. The summed E-state index contributed by atoms with van der Waals surface area (Å²) in [5, 5.41) is 18.5. The topological polar surface area (TPSA) is 102 Å². The van der Waals surface area contributed by atoms with Gasteiger partial charge in [-0.05, 0) is 51.2 Å². The number of carbonyl (C=O) groups excluding carboxylic acids is 1. The van der Waals surface area contributed by atoms with Gasteiger partial charge < -0.3 is 15.2 Å². The minimum atomic E-state index is -2.72. The number of nitrogens with zero attached hydrogens (tertiary/aromatic N) is 4. The Hall–Kier alpha value is -2.86. The van der Waals surface area contributed by atoms with Gasteiger partial charge in [0.25, 0.3) is 12.3 Å². The van der Waals surface area contributed by atoms with E-state index in [0.29, 0.717) is 5.39 Å². The number of amides is 1. The van der Waals surface area contributed by atoms with Crippen LogP contribution in [0, 0.1) is 5.82 Å². The molecule has 4 rings (SSSR count). The van der Waals surface area contributed by atoms with Crippen LogP contribution in [0.5, 0.6) is 5.88 Å². The fourth-order valence-corrected chi connectivity index (χ4v) is 5.23. The molecule has 35 heavy (non-hydrogen) atoms. The SMILES string of the molecule is CC1(NC(=O)c2cnc3c(c2)c(C(C)(C)O)nn3-c2cc(OCC(F)F)ncc2F)CCSCC1. The number of carbonyl (C=O) groups is 1. The lowest BCUT2D eigenvalue weighted by Gasteiger charge is -2.34. The number of fused-ring (bicyclic) bond motifs is 1. The Kier molecular flexibility index (Phi) is 6.96. The molecule has 1 fully saturated rings. The zero-order valence-electron chi connectivity index (χ0n) is 19.5. The first-order chi connectivity index (χ1) is 16.5. The lowest BCUT2D eigenvalue weighted by Crippen LogP contribution is -2.48. The average Bonchev–Trinajstić information content (AvgIpc) is 3.18. The van der Waals surface area contributed by atoms with Crippen LogP contribution in [0.2, 0.25) is 0 Å². The maximum atomic E-state index is 14.7. The van der Waals surface area contributed by atoms with Gasteiger partial charge in [0.15, 0.2) is 18.1 Å². The summed E-state index contributed by atoms with van der Waals surface area (Å²) in [5.41, 5.74) is -1.31. The van der Waals surface area contributed by atoms with Crippen molar-refractivity contribution >= 4 is 28.7 Å². The molecule has 1 amide bonds. The van der Waals surface area contributed by atoms with Crippen LogP contribution in [-0.2, 0) is 5.60 Å². The van der Waals surface area contributed by atoms with Crippen molar-refractivity contribution in [1.82, 2.24) is 25.1 Å². The number of alkyl halides is 2. The summed E-state index contributed by atoms with van der Waals surface area (Å²) in [6, 6.07) is 2.69. The van der Waals surface area contributed by atoms with Crippen LogP contribution in [0.4, 0.5) is 13.2 Å². The summed E-state index contributed by atoms with van der Waals surface area (Å²) in [7, 11) is 0. The number of ether oxygens (including phenoxy) is 1. The molecule has 0 bridgehead atoms. The van der Waals surface area contributed by atoms with Gasteiger partial charge in [0.1, 0.15) is 17.0 Å². The largest absolute Gasteiger partial charge is 0.472 e. The van der Waals surface area contributed by atoms with Crippen molar-refractivity contribution in [2.24, 2.45) is 0 Å². The summed E-state index contributed by atoms with van der Waals surface area (Å²) in [6.07, 6.45) is 1.17. The van der Waals surface area contributed by atoms with Crippen LogP contribution in [0.25, 0.3) is 16.7 Å². The first-order valence-electron chi connectivity index (χ1n) is 11.1. The molecule has 0 unspecified atom stereocenters. The summed E-state index contributed by atoms with van der Waals surface area (Å²) in [6.45, 7) is 4.12. The smallest absolute Gasteiger partial charge is 0.272 e. The van der Waals surface area contributed by atoms with Gasteiger partial charge in [0.05, 0.1) is 11.8 Å². The van der Waals surface area contributed by atoms with Crippen molar-refractivity contribution in [3.8, 4) is 11.6 Å². The molecule has 0 atom stereocenters. The van der Waals surface area contributed by atoms with Gasteiger partial charge in [-0.25, -0.2) is 27.8 Å². The highest BCUT2D eigenvalue weighted by atomic mass is 32.2. The third-order valence-electron chi connectivity index (χ3n) is 5.77. The fourth-order valence-electron chi connectivity index (χ4n) is 3.84. The van der Waals surface area contributed by atoms with E-state index >= 15 is 0 Å². The lowest BCUT2D eigenvalue weighted by atomic mass is 9.94. The Labute approximate surface area is 204 Å². The molecule has 12 heteroatoms. The molecule has 8 nitrogen and oxygen atoms in total. The fraction of sp³-hybridized carbons (Fsp3) is 0.478. The molecule has 3 aromatic heterocycles. The Morgan fingerprint density at radius 3 is 2.66 bits per heavy atom. The highest BCUT2D eigenvalue weighted by Gasteiger charge is 2.31. The number of aliphatic hydroxyl groups is 1. The van der Waals surface area contributed by atoms with E-state index in [0.717, 1.165) is 41.3 Å². The highest BCUT2D eigenvalue weighted by Crippen LogP contribution is 2.31. The van der Waals surface area contributed by atoms with Crippen LogP contribution in [0.3, 0.4) is 0 Å². The third kappa shape index (κ3) is 5.53. The van der Waals surface area contributed by atoms with Gasteiger partial charge in [-0.1, -0.05) is 0 Å². The molecular formula is C23H26F3N5O3S. The van der Waals surface area contributed by atoms with E-state index in [9.17, 15) is 23.1 Å². The van der Waals surface area contributed by atoms with Crippen molar-refractivity contribution in [1.29, 1.82) is 0 Å². The number of hydrogen-bond donors (Lipinski definition) is 2. The number of nitrogens with one attached hydrogen (secondary N) is 1. The maximum absolute atomic E-state index is 14.7. The molecule has 0 aromatic carbocycles. The Morgan fingerprint density at radius 2 is 2.00 bits per heavy atom. The number of rotatable bonds is 7. The van der Waals surface area contributed by atoms with E-state index in [1.54, 1.807) is 6.07 Å². The summed E-state index contributed by atoms with van der Waals surface area (Å²) < 4.78 is 45.8. The number of halogens is 3. The predicted octanol–water partition coefficient (Wildman–Crippen LogP) is 3.84. The van der Waals surface area contributed by atoms with Crippen LogP contribution < -0.4 is 10.1 Å². The molecule has 4 heterocycles. The number of pyridine rings is 2.